The average Bonchev–Trinajstić information content (AvgIpc) is 3.05. The smallest absolute Gasteiger partial charge is 0.307 e. The van der Waals surface area contributed by atoms with Crippen molar-refractivity contribution >= 4 is 23.1 Å². The number of fused-ring (bicyclic) bond motifs is 1. The van der Waals surface area contributed by atoms with Gasteiger partial charge in [-0.25, -0.2) is 5.43 Å². The molecule has 0 saturated heterocycles. The molecule has 1 amide bonds. The molecule has 5 heteroatoms. The van der Waals surface area contributed by atoms with Crippen LogP contribution in [-0.2, 0) is 0 Å². The largest absolute Gasteiger partial charge is 0.451 e. The number of amides is 1. The highest BCUT2D eigenvalue weighted by molar-refractivity contribution is 5.99. The summed E-state index contributed by atoms with van der Waals surface area (Å²) < 4.78 is 7.89. The van der Waals surface area contributed by atoms with E-state index in [-0.39, 0.29) is 5.91 Å². The third kappa shape index (κ3) is 3.09. The van der Waals surface area contributed by atoms with Crippen molar-refractivity contribution in [1.29, 1.82) is 0 Å². The molecule has 3 rings (SSSR count). The van der Waals surface area contributed by atoms with Crippen LogP contribution >= 0.6 is 0 Å². The summed E-state index contributed by atoms with van der Waals surface area (Å²) in [5.74, 6) is -0.0476. The molecule has 0 aliphatic heterocycles. The Hall–Kier alpha value is -2.82. The normalized spacial score (nSPS) is 11.8. The van der Waals surface area contributed by atoms with Gasteiger partial charge in [-0.15, -0.1) is 0 Å². The molecule has 25 heavy (non-hydrogen) atoms. The molecule has 2 heterocycles. The molecule has 2 aromatic heterocycles. The predicted molar refractivity (Wildman–Crippen MR) is 100 cm³/mol. The molecule has 3 aromatic rings. The molecular weight excluding hydrogens is 314 g/mol. The second-order valence-electron chi connectivity index (χ2n) is 6.54. The van der Waals surface area contributed by atoms with Crippen molar-refractivity contribution in [2.24, 2.45) is 5.10 Å². The van der Waals surface area contributed by atoms with E-state index >= 15 is 0 Å². The van der Waals surface area contributed by atoms with Crippen LogP contribution in [-0.4, -0.2) is 16.7 Å². The number of aryl methyl sites for hydroxylation is 2. The van der Waals surface area contributed by atoms with E-state index < -0.39 is 0 Å². The number of nitrogens with zero attached hydrogens (tertiary/aromatic N) is 2. The summed E-state index contributed by atoms with van der Waals surface area (Å²) in [5.41, 5.74) is 7.38. The van der Waals surface area contributed by atoms with E-state index in [0.717, 1.165) is 22.2 Å². The summed E-state index contributed by atoms with van der Waals surface area (Å²) in [6, 6.07) is 10.1. The van der Waals surface area contributed by atoms with Crippen molar-refractivity contribution < 1.29 is 9.21 Å². The molecule has 0 aliphatic rings. The van der Waals surface area contributed by atoms with Gasteiger partial charge in [0.15, 0.2) is 5.76 Å². The number of furan rings is 1. The molecule has 5 nitrogen and oxygen atoms in total. The number of carbonyl (C=O) groups excluding carboxylic acids is 1. The summed E-state index contributed by atoms with van der Waals surface area (Å²) in [4.78, 5) is 12.4. The van der Waals surface area contributed by atoms with Crippen molar-refractivity contribution in [3.05, 3.63) is 58.6 Å². The molecule has 0 atom stereocenters. The van der Waals surface area contributed by atoms with E-state index in [0.29, 0.717) is 17.4 Å². The molecule has 0 fully saturated rings. The van der Waals surface area contributed by atoms with Crippen LogP contribution in [0.4, 0.5) is 0 Å². The number of nitrogens with one attached hydrogen (secondary N) is 1. The third-order valence-corrected chi connectivity index (χ3v) is 4.46. The van der Waals surface area contributed by atoms with Gasteiger partial charge in [-0.05, 0) is 46.8 Å². The van der Waals surface area contributed by atoms with Gasteiger partial charge in [0.25, 0.3) is 0 Å². The van der Waals surface area contributed by atoms with Crippen LogP contribution in [0.1, 0.15) is 53.0 Å². The molecule has 0 saturated carbocycles. The Morgan fingerprint density at radius 2 is 1.96 bits per heavy atom. The first-order valence-electron chi connectivity index (χ1n) is 8.40. The van der Waals surface area contributed by atoms with Gasteiger partial charge < -0.3 is 8.98 Å². The average molecular weight is 337 g/mol. The van der Waals surface area contributed by atoms with Crippen LogP contribution in [0.25, 0.3) is 11.0 Å². The Bertz CT molecular complexity index is 961. The highest BCUT2D eigenvalue weighted by Gasteiger charge is 2.17. The van der Waals surface area contributed by atoms with Gasteiger partial charge in [-0.1, -0.05) is 18.2 Å². The van der Waals surface area contributed by atoms with Crippen molar-refractivity contribution in [3.63, 3.8) is 0 Å². The van der Waals surface area contributed by atoms with Crippen molar-refractivity contribution in [1.82, 2.24) is 9.99 Å². The van der Waals surface area contributed by atoms with E-state index in [4.69, 9.17) is 4.42 Å². The van der Waals surface area contributed by atoms with Gasteiger partial charge in [0, 0.05) is 33.9 Å². The van der Waals surface area contributed by atoms with E-state index in [1.165, 1.54) is 5.69 Å². The highest BCUT2D eigenvalue weighted by Crippen LogP contribution is 2.24. The summed E-state index contributed by atoms with van der Waals surface area (Å²) in [7, 11) is 0. The highest BCUT2D eigenvalue weighted by atomic mass is 16.3. The van der Waals surface area contributed by atoms with Crippen molar-refractivity contribution in [2.75, 3.05) is 0 Å². The predicted octanol–water partition coefficient (Wildman–Crippen LogP) is 4.50. The molecule has 0 spiro atoms. The molecule has 1 aromatic carbocycles. The third-order valence-electron chi connectivity index (χ3n) is 4.46. The van der Waals surface area contributed by atoms with Crippen LogP contribution in [0.2, 0.25) is 0 Å². The Kier molecular flexibility index (Phi) is 4.49. The van der Waals surface area contributed by atoms with Crippen LogP contribution in [0, 0.1) is 20.8 Å². The first kappa shape index (κ1) is 17.0. The van der Waals surface area contributed by atoms with E-state index in [2.05, 4.69) is 48.9 Å². The Morgan fingerprint density at radius 3 is 2.60 bits per heavy atom. The maximum atomic E-state index is 12.4. The van der Waals surface area contributed by atoms with Crippen LogP contribution in [0.3, 0.4) is 0 Å². The summed E-state index contributed by atoms with van der Waals surface area (Å²) in [5, 5.41) is 5.05. The standard InChI is InChI=1S/C20H23N3O2/c1-12(2)23-13(3)10-16(15(23)5)11-21-22-20(24)19-14(4)17-8-6-7-9-18(17)25-19/h6-12H,1-5H3,(H,22,24)/b21-11-. The Labute approximate surface area is 147 Å². The summed E-state index contributed by atoms with van der Waals surface area (Å²) in [6.45, 7) is 10.3. The van der Waals surface area contributed by atoms with Crippen LogP contribution in [0.15, 0.2) is 39.9 Å². The zero-order chi connectivity index (χ0) is 18.1. The van der Waals surface area contributed by atoms with Gasteiger partial charge in [0.1, 0.15) is 5.58 Å². The fourth-order valence-corrected chi connectivity index (χ4v) is 3.33. The minimum absolute atomic E-state index is 0.297. The summed E-state index contributed by atoms with van der Waals surface area (Å²) in [6.07, 6.45) is 1.68. The van der Waals surface area contributed by atoms with Crippen LogP contribution < -0.4 is 5.43 Å². The number of hydrogen-bond acceptors (Lipinski definition) is 3. The number of aromatic nitrogens is 1. The zero-order valence-electron chi connectivity index (χ0n) is 15.3. The fraction of sp³-hybridized carbons (Fsp3) is 0.300. The van der Waals surface area contributed by atoms with Gasteiger partial charge in [0.05, 0.1) is 6.21 Å². The Balaban J connectivity index is 1.79. The molecular formula is C20H23N3O2. The monoisotopic (exact) mass is 337 g/mol. The quantitative estimate of drug-likeness (QED) is 0.563. The zero-order valence-corrected chi connectivity index (χ0v) is 15.3. The van der Waals surface area contributed by atoms with E-state index in [1.807, 2.05) is 31.2 Å². The lowest BCUT2D eigenvalue weighted by Gasteiger charge is -2.13. The maximum Gasteiger partial charge on any atom is 0.307 e. The van der Waals surface area contributed by atoms with Gasteiger partial charge >= 0.3 is 5.91 Å². The van der Waals surface area contributed by atoms with Crippen molar-refractivity contribution in [2.45, 2.75) is 40.7 Å². The topological polar surface area (TPSA) is 59.5 Å². The van der Waals surface area contributed by atoms with E-state index in [9.17, 15) is 4.79 Å². The number of para-hydroxylation sites is 1. The minimum Gasteiger partial charge on any atom is -0.451 e. The lowest BCUT2D eigenvalue weighted by molar-refractivity contribution is 0.0929. The van der Waals surface area contributed by atoms with E-state index in [1.54, 1.807) is 6.21 Å². The summed E-state index contributed by atoms with van der Waals surface area (Å²) >= 11 is 0. The molecule has 0 unspecified atom stereocenters. The molecule has 1 N–H and O–H groups in total. The molecule has 130 valence electrons. The first-order chi connectivity index (χ1) is 11.9. The maximum absolute atomic E-state index is 12.4. The Morgan fingerprint density at radius 1 is 1.24 bits per heavy atom. The lowest BCUT2D eigenvalue weighted by atomic mass is 10.1. The van der Waals surface area contributed by atoms with Gasteiger partial charge in [-0.3, -0.25) is 4.79 Å². The number of hydrogen-bond donors (Lipinski definition) is 1. The van der Waals surface area contributed by atoms with Gasteiger partial charge in [-0.2, -0.15) is 5.10 Å². The number of carbonyl (C=O) groups is 1. The second-order valence-corrected chi connectivity index (χ2v) is 6.54. The minimum atomic E-state index is -0.345. The first-order valence-corrected chi connectivity index (χ1v) is 8.40. The second kappa shape index (κ2) is 6.59. The fourth-order valence-electron chi connectivity index (χ4n) is 3.33. The molecule has 0 radical (unpaired) electrons. The van der Waals surface area contributed by atoms with Gasteiger partial charge in [0.2, 0.25) is 0 Å². The molecule has 0 aliphatic carbocycles. The number of benzene rings is 1. The number of hydrazone groups is 1. The molecule has 0 bridgehead atoms. The van der Waals surface area contributed by atoms with Crippen molar-refractivity contribution in [3.8, 4) is 0 Å². The number of rotatable bonds is 4. The SMILES string of the molecule is Cc1c(C(=O)N/N=C\c2cc(C)n(C(C)C)c2C)oc2ccccc12. The van der Waals surface area contributed by atoms with Crippen LogP contribution in [0.5, 0.6) is 0 Å². The lowest BCUT2D eigenvalue weighted by Crippen LogP contribution is -2.17.